The molecule has 1 saturated carbocycles. The highest BCUT2D eigenvalue weighted by atomic mass is 16.4. The molecule has 1 aliphatic carbocycles. The minimum absolute atomic E-state index is 0.554. The quantitative estimate of drug-likeness (QED) is 0.743. The summed E-state index contributed by atoms with van der Waals surface area (Å²) in [4.78, 5) is 0. The molecule has 1 aliphatic rings. The van der Waals surface area contributed by atoms with Crippen molar-refractivity contribution in [2.75, 3.05) is 11.9 Å². The monoisotopic (exact) mass is 210 g/mol. The van der Waals surface area contributed by atoms with Crippen molar-refractivity contribution in [2.45, 2.75) is 39.3 Å². The molecule has 1 aromatic rings. The maximum absolute atomic E-state index is 5.42. The molecule has 0 unspecified atom stereocenters. The third-order valence-electron chi connectivity index (χ3n) is 2.20. The van der Waals surface area contributed by atoms with E-state index in [1.54, 1.807) is 0 Å². The fraction of sp³-hybridized carbons (Fsp3) is 0.800. The van der Waals surface area contributed by atoms with Crippen LogP contribution in [0.15, 0.2) is 4.42 Å². The van der Waals surface area contributed by atoms with Crippen LogP contribution in [0.25, 0.3) is 0 Å². The highest BCUT2D eigenvalue weighted by Crippen LogP contribution is 2.23. The van der Waals surface area contributed by atoms with E-state index in [2.05, 4.69) is 34.7 Å². The molecule has 1 aromatic heterocycles. The second-order valence-corrected chi connectivity index (χ2v) is 4.44. The van der Waals surface area contributed by atoms with E-state index >= 15 is 0 Å². The zero-order valence-electron chi connectivity index (χ0n) is 9.29. The van der Waals surface area contributed by atoms with E-state index < -0.39 is 0 Å². The Hall–Kier alpha value is -1.10. The van der Waals surface area contributed by atoms with Gasteiger partial charge in [-0.1, -0.05) is 18.9 Å². The highest BCUT2D eigenvalue weighted by molar-refractivity contribution is 5.22. The third-order valence-corrected chi connectivity index (χ3v) is 2.20. The second-order valence-electron chi connectivity index (χ2n) is 4.44. The van der Waals surface area contributed by atoms with Gasteiger partial charge in [0.1, 0.15) is 0 Å². The number of hydrogen-bond acceptors (Lipinski definition) is 5. The van der Waals surface area contributed by atoms with Crippen LogP contribution in [0.5, 0.6) is 0 Å². The minimum atomic E-state index is 0.554. The van der Waals surface area contributed by atoms with Crippen LogP contribution in [0, 0.1) is 5.92 Å². The van der Waals surface area contributed by atoms with Crippen LogP contribution >= 0.6 is 0 Å². The lowest BCUT2D eigenvalue weighted by molar-refractivity contribution is 0.458. The van der Waals surface area contributed by atoms with Crippen LogP contribution in [-0.4, -0.2) is 22.8 Å². The Balaban J connectivity index is 1.73. The fourth-order valence-corrected chi connectivity index (χ4v) is 1.25. The third kappa shape index (κ3) is 3.51. The zero-order valence-corrected chi connectivity index (χ0v) is 9.29. The van der Waals surface area contributed by atoms with Gasteiger partial charge in [0.05, 0.1) is 6.54 Å². The molecule has 0 amide bonds. The zero-order chi connectivity index (χ0) is 10.7. The molecule has 1 heterocycles. The van der Waals surface area contributed by atoms with Crippen LogP contribution in [0.3, 0.4) is 0 Å². The van der Waals surface area contributed by atoms with Crippen molar-refractivity contribution in [1.82, 2.24) is 15.5 Å². The molecule has 0 bridgehead atoms. The number of rotatable bonds is 6. The van der Waals surface area contributed by atoms with E-state index in [1.165, 1.54) is 12.8 Å². The first-order valence-corrected chi connectivity index (χ1v) is 5.53. The first-order chi connectivity index (χ1) is 7.24. The van der Waals surface area contributed by atoms with Gasteiger partial charge in [0.2, 0.25) is 5.89 Å². The predicted molar refractivity (Wildman–Crippen MR) is 57.5 cm³/mol. The van der Waals surface area contributed by atoms with Crippen LogP contribution in [-0.2, 0) is 6.54 Å². The average Bonchev–Trinajstić information content (AvgIpc) is 2.86. The van der Waals surface area contributed by atoms with E-state index in [-0.39, 0.29) is 0 Å². The van der Waals surface area contributed by atoms with E-state index in [9.17, 15) is 0 Å². The molecule has 0 radical (unpaired) electrons. The van der Waals surface area contributed by atoms with E-state index in [1.807, 2.05) is 0 Å². The highest BCUT2D eigenvalue weighted by Gasteiger charge is 2.23. The number of anilines is 1. The lowest BCUT2D eigenvalue weighted by Gasteiger charge is -2.03. The first-order valence-electron chi connectivity index (χ1n) is 5.53. The molecule has 0 saturated heterocycles. The maximum Gasteiger partial charge on any atom is 0.315 e. The normalized spacial score (nSPS) is 15.9. The van der Waals surface area contributed by atoms with Crippen molar-refractivity contribution in [1.29, 1.82) is 0 Å². The average molecular weight is 210 g/mol. The molecule has 1 fully saturated rings. The minimum Gasteiger partial charge on any atom is -0.407 e. The Labute approximate surface area is 89.6 Å². The molecular formula is C10H18N4O. The van der Waals surface area contributed by atoms with Gasteiger partial charge in [-0.2, -0.15) is 0 Å². The van der Waals surface area contributed by atoms with Crippen LogP contribution in [0.1, 0.15) is 32.6 Å². The molecule has 2 rings (SSSR count). The van der Waals surface area contributed by atoms with E-state index in [4.69, 9.17) is 4.42 Å². The van der Waals surface area contributed by atoms with Crippen LogP contribution < -0.4 is 10.6 Å². The molecule has 0 atom stereocenters. The lowest BCUT2D eigenvalue weighted by atomic mass is 10.2. The summed E-state index contributed by atoms with van der Waals surface area (Å²) in [5, 5.41) is 14.3. The smallest absolute Gasteiger partial charge is 0.315 e. The number of nitrogens with zero attached hydrogens (tertiary/aromatic N) is 2. The molecule has 84 valence electrons. The SMILES string of the molecule is CC(C)CNCc1nnc(NC2CC2)o1. The number of aromatic nitrogens is 2. The van der Waals surface area contributed by atoms with Crippen molar-refractivity contribution >= 4 is 6.01 Å². The fourth-order valence-electron chi connectivity index (χ4n) is 1.25. The Kier molecular flexibility index (Phi) is 3.20. The Bertz CT molecular complexity index is 306. The Morgan fingerprint density at radius 3 is 2.87 bits per heavy atom. The van der Waals surface area contributed by atoms with Gasteiger partial charge in [-0.05, 0) is 25.3 Å². The first kappa shape index (κ1) is 10.4. The molecule has 5 nitrogen and oxygen atoms in total. The van der Waals surface area contributed by atoms with Gasteiger partial charge in [-0.3, -0.25) is 0 Å². The van der Waals surface area contributed by atoms with Gasteiger partial charge in [0.25, 0.3) is 0 Å². The molecule has 0 aromatic carbocycles. The second kappa shape index (κ2) is 4.61. The van der Waals surface area contributed by atoms with E-state index in [0.717, 1.165) is 6.54 Å². The Morgan fingerprint density at radius 2 is 2.20 bits per heavy atom. The summed E-state index contributed by atoms with van der Waals surface area (Å²) in [7, 11) is 0. The van der Waals surface area contributed by atoms with Crippen molar-refractivity contribution in [3.8, 4) is 0 Å². The number of hydrogen-bond donors (Lipinski definition) is 2. The lowest BCUT2D eigenvalue weighted by Crippen LogP contribution is -2.19. The summed E-state index contributed by atoms with van der Waals surface area (Å²) in [6.07, 6.45) is 2.42. The van der Waals surface area contributed by atoms with Crippen molar-refractivity contribution in [2.24, 2.45) is 5.92 Å². The number of nitrogens with one attached hydrogen (secondary N) is 2. The van der Waals surface area contributed by atoms with Crippen molar-refractivity contribution in [3.05, 3.63) is 5.89 Å². The molecule has 5 heteroatoms. The van der Waals surface area contributed by atoms with Crippen LogP contribution in [0.4, 0.5) is 6.01 Å². The molecular weight excluding hydrogens is 192 g/mol. The largest absolute Gasteiger partial charge is 0.407 e. The van der Waals surface area contributed by atoms with Gasteiger partial charge < -0.3 is 15.1 Å². The molecule has 0 aliphatic heterocycles. The van der Waals surface area contributed by atoms with Crippen LogP contribution in [0.2, 0.25) is 0 Å². The van der Waals surface area contributed by atoms with E-state index in [0.29, 0.717) is 30.4 Å². The van der Waals surface area contributed by atoms with Gasteiger partial charge in [-0.25, -0.2) is 0 Å². The summed E-state index contributed by atoms with van der Waals surface area (Å²) in [6.45, 7) is 5.95. The molecule has 2 N–H and O–H groups in total. The van der Waals surface area contributed by atoms with Gasteiger partial charge in [0.15, 0.2) is 0 Å². The van der Waals surface area contributed by atoms with Gasteiger partial charge in [-0.15, -0.1) is 5.10 Å². The summed E-state index contributed by atoms with van der Waals surface area (Å²) >= 11 is 0. The summed E-state index contributed by atoms with van der Waals surface area (Å²) < 4.78 is 5.42. The summed E-state index contributed by atoms with van der Waals surface area (Å²) in [5.74, 6) is 1.29. The Morgan fingerprint density at radius 1 is 1.40 bits per heavy atom. The van der Waals surface area contributed by atoms with Gasteiger partial charge >= 0.3 is 6.01 Å². The molecule has 0 spiro atoms. The van der Waals surface area contributed by atoms with Crippen molar-refractivity contribution in [3.63, 3.8) is 0 Å². The standard InChI is InChI=1S/C10H18N4O/c1-7(2)5-11-6-9-13-14-10(15-9)12-8-3-4-8/h7-8,11H,3-6H2,1-2H3,(H,12,14). The maximum atomic E-state index is 5.42. The predicted octanol–water partition coefficient (Wildman–Crippen LogP) is 1.39. The molecule has 15 heavy (non-hydrogen) atoms. The van der Waals surface area contributed by atoms with Gasteiger partial charge in [0, 0.05) is 6.04 Å². The van der Waals surface area contributed by atoms with Crippen molar-refractivity contribution < 1.29 is 4.42 Å². The topological polar surface area (TPSA) is 63.0 Å². The summed E-state index contributed by atoms with van der Waals surface area (Å²) in [6, 6.07) is 1.11. The summed E-state index contributed by atoms with van der Waals surface area (Å²) in [5.41, 5.74) is 0.